The molecule has 1 amide bonds. The predicted molar refractivity (Wildman–Crippen MR) is 83.3 cm³/mol. The summed E-state index contributed by atoms with van der Waals surface area (Å²) >= 11 is 0. The minimum atomic E-state index is -0.167. The van der Waals surface area contributed by atoms with Gasteiger partial charge in [0.05, 0.1) is 12.3 Å². The average Bonchev–Trinajstić information content (AvgIpc) is 3.25. The van der Waals surface area contributed by atoms with Crippen molar-refractivity contribution in [2.24, 2.45) is 0 Å². The van der Waals surface area contributed by atoms with Crippen LogP contribution in [0.3, 0.4) is 0 Å². The van der Waals surface area contributed by atoms with Crippen molar-refractivity contribution < 1.29 is 13.7 Å². The number of carbonyl (C=O) groups excluding carboxylic acids is 1. The molecular weight excluding hydrogens is 294 g/mol. The highest BCUT2D eigenvalue weighted by atomic mass is 16.5. The van der Waals surface area contributed by atoms with Crippen molar-refractivity contribution in [2.75, 3.05) is 0 Å². The second-order valence-corrected chi connectivity index (χ2v) is 5.18. The largest absolute Gasteiger partial charge is 0.467 e. The van der Waals surface area contributed by atoms with Gasteiger partial charge in [-0.1, -0.05) is 35.5 Å². The van der Waals surface area contributed by atoms with Gasteiger partial charge in [-0.05, 0) is 19.1 Å². The summed E-state index contributed by atoms with van der Waals surface area (Å²) in [4.78, 5) is 16.3. The lowest BCUT2D eigenvalue weighted by Crippen LogP contribution is -2.26. The minimum absolute atomic E-state index is 0.0895. The van der Waals surface area contributed by atoms with Crippen molar-refractivity contribution in [3.63, 3.8) is 0 Å². The highest BCUT2D eigenvalue weighted by Crippen LogP contribution is 2.16. The molecule has 118 valence electrons. The molecule has 0 bridgehead atoms. The zero-order valence-corrected chi connectivity index (χ0v) is 12.7. The number of aryl methyl sites for hydroxylation is 1. The Kier molecular flexibility index (Phi) is 4.52. The first-order valence-corrected chi connectivity index (χ1v) is 7.43. The van der Waals surface area contributed by atoms with Gasteiger partial charge >= 0.3 is 0 Å². The summed E-state index contributed by atoms with van der Waals surface area (Å²) in [5, 5.41) is 6.80. The van der Waals surface area contributed by atoms with Gasteiger partial charge in [-0.3, -0.25) is 4.79 Å². The van der Waals surface area contributed by atoms with Crippen LogP contribution in [0.15, 0.2) is 57.7 Å². The second kappa shape index (κ2) is 6.91. The molecular formula is C17H17N3O3. The van der Waals surface area contributed by atoms with Gasteiger partial charge in [0.15, 0.2) is 0 Å². The van der Waals surface area contributed by atoms with E-state index in [4.69, 9.17) is 8.94 Å². The molecule has 0 radical (unpaired) electrons. The Labute approximate surface area is 133 Å². The SMILES string of the molecule is C[C@H](NC(=O)CCc1nc(-c2ccccc2)no1)c1ccco1. The van der Waals surface area contributed by atoms with E-state index in [2.05, 4.69) is 15.5 Å². The van der Waals surface area contributed by atoms with Crippen LogP contribution in [-0.2, 0) is 11.2 Å². The minimum Gasteiger partial charge on any atom is -0.467 e. The summed E-state index contributed by atoms with van der Waals surface area (Å²) in [6.07, 6.45) is 2.26. The van der Waals surface area contributed by atoms with E-state index in [9.17, 15) is 4.79 Å². The van der Waals surface area contributed by atoms with Crippen molar-refractivity contribution in [2.45, 2.75) is 25.8 Å². The predicted octanol–water partition coefficient (Wildman–Crippen LogP) is 3.14. The smallest absolute Gasteiger partial charge is 0.227 e. The average molecular weight is 311 g/mol. The fourth-order valence-electron chi connectivity index (χ4n) is 2.20. The first-order chi connectivity index (χ1) is 11.2. The molecule has 3 rings (SSSR count). The van der Waals surface area contributed by atoms with E-state index < -0.39 is 0 Å². The van der Waals surface area contributed by atoms with Gasteiger partial charge in [0.2, 0.25) is 17.6 Å². The summed E-state index contributed by atoms with van der Waals surface area (Å²) in [7, 11) is 0. The third kappa shape index (κ3) is 3.85. The molecule has 0 aliphatic rings. The zero-order chi connectivity index (χ0) is 16.1. The summed E-state index contributed by atoms with van der Waals surface area (Å²) in [6.45, 7) is 1.87. The Morgan fingerprint density at radius 2 is 2.04 bits per heavy atom. The van der Waals surface area contributed by atoms with Gasteiger partial charge in [0.25, 0.3) is 0 Å². The number of benzene rings is 1. The van der Waals surface area contributed by atoms with Crippen LogP contribution in [0.5, 0.6) is 0 Å². The van der Waals surface area contributed by atoms with Gasteiger partial charge in [-0.15, -0.1) is 0 Å². The standard InChI is InChI=1S/C17H17N3O3/c1-12(14-8-5-11-22-14)18-15(21)9-10-16-19-17(20-23-16)13-6-3-2-4-7-13/h2-8,11-12H,9-10H2,1H3,(H,18,21)/t12-/m0/s1. The highest BCUT2D eigenvalue weighted by Gasteiger charge is 2.14. The monoisotopic (exact) mass is 311 g/mol. The molecule has 23 heavy (non-hydrogen) atoms. The number of hydrogen-bond donors (Lipinski definition) is 1. The maximum atomic E-state index is 12.0. The molecule has 6 nitrogen and oxygen atoms in total. The van der Waals surface area contributed by atoms with Gasteiger partial charge in [0.1, 0.15) is 5.76 Å². The Hall–Kier alpha value is -2.89. The van der Waals surface area contributed by atoms with Crippen molar-refractivity contribution in [3.05, 3.63) is 60.4 Å². The van der Waals surface area contributed by atoms with E-state index in [1.54, 1.807) is 12.3 Å². The molecule has 0 saturated heterocycles. The van der Waals surface area contributed by atoms with E-state index >= 15 is 0 Å². The Morgan fingerprint density at radius 3 is 2.78 bits per heavy atom. The molecule has 2 heterocycles. The molecule has 0 saturated carbocycles. The number of amides is 1. The van der Waals surface area contributed by atoms with Gasteiger partial charge in [-0.25, -0.2) is 0 Å². The summed E-state index contributed by atoms with van der Waals surface area (Å²) in [5.41, 5.74) is 0.887. The molecule has 0 fully saturated rings. The lowest BCUT2D eigenvalue weighted by molar-refractivity contribution is -0.121. The van der Waals surface area contributed by atoms with Crippen LogP contribution in [0.4, 0.5) is 0 Å². The van der Waals surface area contributed by atoms with Crippen LogP contribution in [0.2, 0.25) is 0 Å². The normalized spacial score (nSPS) is 12.0. The van der Waals surface area contributed by atoms with Crippen molar-refractivity contribution >= 4 is 5.91 Å². The van der Waals surface area contributed by atoms with Crippen LogP contribution in [-0.4, -0.2) is 16.0 Å². The van der Waals surface area contributed by atoms with Crippen molar-refractivity contribution in [1.82, 2.24) is 15.5 Å². The van der Waals surface area contributed by atoms with Crippen LogP contribution >= 0.6 is 0 Å². The third-order valence-corrected chi connectivity index (χ3v) is 3.41. The van der Waals surface area contributed by atoms with Crippen LogP contribution in [0.25, 0.3) is 11.4 Å². The highest BCUT2D eigenvalue weighted by molar-refractivity contribution is 5.76. The van der Waals surface area contributed by atoms with Gasteiger partial charge < -0.3 is 14.3 Å². The van der Waals surface area contributed by atoms with E-state index in [0.29, 0.717) is 18.1 Å². The maximum absolute atomic E-state index is 12.0. The van der Waals surface area contributed by atoms with E-state index in [1.807, 2.05) is 43.3 Å². The second-order valence-electron chi connectivity index (χ2n) is 5.18. The van der Waals surface area contributed by atoms with E-state index in [-0.39, 0.29) is 18.4 Å². The number of carbonyl (C=O) groups is 1. The number of furan rings is 1. The number of nitrogens with zero attached hydrogens (tertiary/aromatic N) is 2. The summed E-state index contributed by atoms with van der Waals surface area (Å²) in [6, 6.07) is 13.0. The fourth-order valence-corrected chi connectivity index (χ4v) is 2.20. The molecule has 1 aromatic carbocycles. The molecule has 1 N–H and O–H groups in total. The fraction of sp³-hybridized carbons (Fsp3) is 0.235. The molecule has 3 aromatic rings. The maximum Gasteiger partial charge on any atom is 0.227 e. The molecule has 2 aromatic heterocycles. The first kappa shape index (κ1) is 15.0. The summed E-state index contributed by atoms with van der Waals surface area (Å²) < 4.78 is 10.4. The van der Waals surface area contributed by atoms with Crippen LogP contribution < -0.4 is 5.32 Å². The van der Waals surface area contributed by atoms with Crippen molar-refractivity contribution in [1.29, 1.82) is 0 Å². The van der Waals surface area contributed by atoms with E-state index in [0.717, 1.165) is 11.3 Å². The Morgan fingerprint density at radius 1 is 1.22 bits per heavy atom. The number of aromatic nitrogens is 2. The van der Waals surface area contributed by atoms with E-state index in [1.165, 1.54) is 0 Å². The molecule has 0 aliphatic heterocycles. The molecule has 0 aliphatic carbocycles. The molecule has 0 spiro atoms. The molecule has 0 unspecified atom stereocenters. The zero-order valence-electron chi connectivity index (χ0n) is 12.7. The van der Waals surface area contributed by atoms with Crippen LogP contribution in [0, 0.1) is 0 Å². The van der Waals surface area contributed by atoms with Gasteiger partial charge in [-0.2, -0.15) is 4.98 Å². The number of rotatable bonds is 6. The first-order valence-electron chi connectivity index (χ1n) is 7.43. The molecule has 1 atom stereocenters. The topological polar surface area (TPSA) is 81.2 Å². The lowest BCUT2D eigenvalue weighted by atomic mass is 10.2. The quantitative estimate of drug-likeness (QED) is 0.756. The lowest BCUT2D eigenvalue weighted by Gasteiger charge is -2.10. The van der Waals surface area contributed by atoms with Gasteiger partial charge in [0, 0.05) is 18.4 Å². The summed E-state index contributed by atoms with van der Waals surface area (Å²) in [5.74, 6) is 1.62. The number of hydrogen-bond acceptors (Lipinski definition) is 5. The number of nitrogens with one attached hydrogen (secondary N) is 1. The Bertz CT molecular complexity index is 751. The van der Waals surface area contributed by atoms with Crippen LogP contribution in [0.1, 0.15) is 31.0 Å². The Balaban J connectivity index is 1.52. The van der Waals surface area contributed by atoms with Crippen molar-refractivity contribution in [3.8, 4) is 11.4 Å². The third-order valence-electron chi connectivity index (χ3n) is 3.41. The molecule has 6 heteroatoms.